The SMILES string of the molecule is O=C(CN1CCOc2ccccc2C1)NCc1csc(N2CCCC2)n1. The van der Waals surface area contributed by atoms with Gasteiger partial charge in [-0.1, -0.05) is 18.2 Å². The fraction of sp³-hybridized carbons (Fsp3) is 0.474. The monoisotopic (exact) mass is 372 g/mol. The van der Waals surface area contributed by atoms with Crippen molar-refractivity contribution in [3.63, 3.8) is 0 Å². The second-order valence-electron chi connectivity index (χ2n) is 6.76. The Hall–Kier alpha value is -2.12. The van der Waals surface area contributed by atoms with Crippen LogP contribution in [0.4, 0.5) is 5.13 Å². The number of hydrogen-bond donors (Lipinski definition) is 1. The fourth-order valence-corrected chi connectivity index (χ4v) is 4.27. The molecule has 1 saturated heterocycles. The predicted octanol–water partition coefficient (Wildman–Crippen LogP) is 2.25. The zero-order valence-corrected chi connectivity index (χ0v) is 15.6. The molecule has 1 aromatic heterocycles. The van der Waals surface area contributed by atoms with Crippen molar-refractivity contribution in [3.8, 4) is 5.75 Å². The standard InChI is InChI=1S/C19H24N4O2S/c24-18(13-22-9-10-25-17-6-2-1-5-15(17)12-22)20-11-16-14-26-19(21-16)23-7-3-4-8-23/h1-2,5-6,14H,3-4,7-13H2,(H,20,24). The number of nitrogens with zero attached hydrogens (tertiary/aromatic N) is 3. The van der Waals surface area contributed by atoms with E-state index in [0.29, 0.717) is 19.7 Å². The van der Waals surface area contributed by atoms with E-state index in [1.54, 1.807) is 11.3 Å². The normalized spacial score (nSPS) is 17.5. The highest BCUT2D eigenvalue weighted by Gasteiger charge is 2.18. The number of hydrogen-bond acceptors (Lipinski definition) is 6. The number of ether oxygens (including phenoxy) is 1. The number of aromatic nitrogens is 1. The van der Waals surface area contributed by atoms with Crippen LogP contribution in [-0.4, -0.2) is 48.6 Å². The first kappa shape index (κ1) is 17.3. The van der Waals surface area contributed by atoms with Crippen LogP contribution in [0.2, 0.25) is 0 Å². The Balaban J connectivity index is 1.27. The molecule has 0 unspecified atom stereocenters. The number of anilines is 1. The summed E-state index contributed by atoms with van der Waals surface area (Å²) in [7, 11) is 0. The van der Waals surface area contributed by atoms with E-state index in [0.717, 1.165) is 48.3 Å². The van der Waals surface area contributed by atoms with Crippen molar-refractivity contribution in [2.24, 2.45) is 0 Å². The Morgan fingerprint density at radius 3 is 2.96 bits per heavy atom. The maximum absolute atomic E-state index is 12.3. The number of carbonyl (C=O) groups excluding carboxylic acids is 1. The van der Waals surface area contributed by atoms with Crippen LogP contribution >= 0.6 is 11.3 Å². The van der Waals surface area contributed by atoms with Crippen molar-refractivity contribution in [2.75, 3.05) is 37.7 Å². The van der Waals surface area contributed by atoms with Gasteiger partial charge in [-0.25, -0.2) is 4.98 Å². The molecule has 0 bridgehead atoms. The molecule has 0 spiro atoms. The van der Waals surface area contributed by atoms with Gasteiger partial charge in [-0.3, -0.25) is 9.69 Å². The topological polar surface area (TPSA) is 57.7 Å². The Labute approximate surface area is 157 Å². The van der Waals surface area contributed by atoms with Gasteiger partial charge in [0.2, 0.25) is 5.91 Å². The predicted molar refractivity (Wildman–Crippen MR) is 103 cm³/mol. The summed E-state index contributed by atoms with van der Waals surface area (Å²) in [6.45, 7) is 5.15. The minimum atomic E-state index is 0.0279. The summed E-state index contributed by atoms with van der Waals surface area (Å²) in [6.07, 6.45) is 2.49. The van der Waals surface area contributed by atoms with E-state index in [1.807, 2.05) is 23.6 Å². The number of benzene rings is 1. The summed E-state index contributed by atoms with van der Waals surface area (Å²) in [5, 5.41) is 6.12. The van der Waals surface area contributed by atoms with E-state index < -0.39 is 0 Å². The number of rotatable bonds is 5. The van der Waals surface area contributed by atoms with Crippen LogP contribution < -0.4 is 15.0 Å². The third kappa shape index (κ3) is 4.16. The van der Waals surface area contributed by atoms with E-state index in [1.165, 1.54) is 12.8 Å². The van der Waals surface area contributed by atoms with Crippen molar-refractivity contribution >= 4 is 22.4 Å². The van der Waals surface area contributed by atoms with Gasteiger partial charge in [0.1, 0.15) is 12.4 Å². The molecule has 4 rings (SSSR count). The van der Waals surface area contributed by atoms with Gasteiger partial charge in [-0.2, -0.15) is 0 Å². The van der Waals surface area contributed by atoms with Crippen molar-refractivity contribution in [1.82, 2.24) is 15.2 Å². The molecule has 0 atom stereocenters. The average molecular weight is 372 g/mol. The van der Waals surface area contributed by atoms with Gasteiger partial charge in [-0.05, 0) is 18.9 Å². The van der Waals surface area contributed by atoms with Gasteiger partial charge in [0.25, 0.3) is 0 Å². The molecule has 0 saturated carbocycles. The maximum atomic E-state index is 12.3. The van der Waals surface area contributed by atoms with Crippen molar-refractivity contribution in [2.45, 2.75) is 25.9 Å². The quantitative estimate of drug-likeness (QED) is 0.872. The summed E-state index contributed by atoms with van der Waals surface area (Å²) in [6, 6.07) is 8.03. The lowest BCUT2D eigenvalue weighted by atomic mass is 10.2. The van der Waals surface area contributed by atoms with Crippen LogP contribution in [0.15, 0.2) is 29.6 Å². The molecule has 1 fully saturated rings. The highest BCUT2D eigenvalue weighted by atomic mass is 32.1. The van der Waals surface area contributed by atoms with Crippen LogP contribution in [0.25, 0.3) is 0 Å². The van der Waals surface area contributed by atoms with E-state index in [4.69, 9.17) is 4.74 Å². The fourth-order valence-electron chi connectivity index (χ4n) is 3.39. The number of carbonyl (C=O) groups is 1. The molecule has 0 radical (unpaired) electrons. The second-order valence-corrected chi connectivity index (χ2v) is 7.60. The van der Waals surface area contributed by atoms with Crippen LogP contribution in [0.1, 0.15) is 24.1 Å². The third-order valence-electron chi connectivity index (χ3n) is 4.78. The molecular weight excluding hydrogens is 348 g/mol. The first-order chi connectivity index (χ1) is 12.8. The van der Waals surface area contributed by atoms with Gasteiger partial charge < -0.3 is 15.0 Å². The number of nitrogens with one attached hydrogen (secondary N) is 1. The zero-order chi connectivity index (χ0) is 17.8. The maximum Gasteiger partial charge on any atom is 0.234 e. The molecule has 1 N–H and O–H groups in total. The lowest BCUT2D eigenvalue weighted by Gasteiger charge is -2.18. The van der Waals surface area contributed by atoms with Gasteiger partial charge in [-0.15, -0.1) is 11.3 Å². The summed E-state index contributed by atoms with van der Waals surface area (Å²) in [4.78, 5) is 21.4. The highest BCUT2D eigenvalue weighted by Crippen LogP contribution is 2.24. The number of thiazole rings is 1. The lowest BCUT2D eigenvalue weighted by Crippen LogP contribution is -2.37. The molecule has 2 aromatic rings. The summed E-state index contributed by atoms with van der Waals surface area (Å²) >= 11 is 1.67. The first-order valence-electron chi connectivity index (χ1n) is 9.17. The number of para-hydroxylation sites is 1. The Morgan fingerprint density at radius 1 is 1.23 bits per heavy atom. The largest absolute Gasteiger partial charge is 0.492 e. The van der Waals surface area contributed by atoms with Crippen LogP contribution in [0, 0.1) is 0 Å². The summed E-state index contributed by atoms with van der Waals surface area (Å²) < 4.78 is 5.75. The molecule has 1 aromatic carbocycles. The Bertz CT molecular complexity index is 758. The Morgan fingerprint density at radius 2 is 2.08 bits per heavy atom. The number of fused-ring (bicyclic) bond motifs is 1. The minimum absolute atomic E-state index is 0.0279. The van der Waals surface area contributed by atoms with Crippen LogP contribution in [0.5, 0.6) is 5.75 Å². The highest BCUT2D eigenvalue weighted by molar-refractivity contribution is 7.13. The van der Waals surface area contributed by atoms with Crippen molar-refractivity contribution in [3.05, 3.63) is 40.9 Å². The van der Waals surface area contributed by atoms with Crippen molar-refractivity contribution < 1.29 is 9.53 Å². The molecule has 1 amide bonds. The third-order valence-corrected chi connectivity index (χ3v) is 5.73. The van der Waals surface area contributed by atoms with Gasteiger partial charge in [0.05, 0.1) is 18.8 Å². The number of amides is 1. The molecule has 6 nitrogen and oxygen atoms in total. The first-order valence-corrected chi connectivity index (χ1v) is 10.0. The molecule has 138 valence electrons. The van der Waals surface area contributed by atoms with Gasteiger partial charge in [0, 0.05) is 37.1 Å². The van der Waals surface area contributed by atoms with E-state index in [-0.39, 0.29) is 5.91 Å². The average Bonchev–Trinajstić information content (AvgIpc) is 3.29. The zero-order valence-electron chi connectivity index (χ0n) is 14.8. The lowest BCUT2D eigenvalue weighted by molar-refractivity contribution is -0.122. The second kappa shape index (κ2) is 8.05. The van der Waals surface area contributed by atoms with E-state index >= 15 is 0 Å². The Kier molecular flexibility index (Phi) is 5.36. The molecule has 0 aliphatic carbocycles. The van der Waals surface area contributed by atoms with Gasteiger partial charge in [0.15, 0.2) is 5.13 Å². The molecule has 7 heteroatoms. The minimum Gasteiger partial charge on any atom is -0.492 e. The van der Waals surface area contributed by atoms with Crippen LogP contribution in [0.3, 0.4) is 0 Å². The molecule has 2 aliphatic rings. The summed E-state index contributed by atoms with van der Waals surface area (Å²) in [5.41, 5.74) is 2.07. The van der Waals surface area contributed by atoms with Crippen LogP contribution in [-0.2, 0) is 17.9 Å². The molecule has 3 heterocycles. The summed E-state index contributed by atoms with van der Waals surface area (Å²) in [5.74, 6) is 0.951. The van der Waals surface area contributed by atoms with Crippen molar-refractivity contribution in [1.29, 1.82) is 0 Å². The molecule has 2 aliphatic heterocycles. The van der Waals surface area contributed by atoms with E-state index in [9.17, 15) is 4.79 Å². The van der Waals surface area contributed by atoms with E-state index in [2.05, 4.69) is 26.2 Å². The van der Waals surface area contributed by atoms with Gasteiger partial charge >= 0.3 is 0 Å². The molecule has 26 heavy (non-hydrogen) atoms. The molecular formula is C19H24N4O2S. The smallest absolute Gasteiger partial charge is 0.234 e.